The molecule has 1 aromatic carbocycles. The Morgan fingerprint density at radius 3 is 2.95 bits per heavy atom. The molecule has 0 bridgehead atoms. The van der Waals surface area contributed by atoms with E-state index in [2.05, 4.69) is 20.3 Å². The fourth-order valence-corrected chi connectivity index (χ4v) is 2.22. The van der Waals surface area contributed by atoms with Crippen molar-refractivity contribution in [1.29, 1.82) is 5.53 Å². The predicted molar refractivity (Wildman–Crippen MR) is 78.1 cm³/mol. The van der Waals surface area contributed by atoms with Crippen LogP contribution in [0.1, 0.15) is 5.69 Å². The van der Waals surface area contributed by atoms with Crippen molar-refractivity contribution >= 4 is 28.4 Å². The second-order valence-electron chi connectivity index (χ2n) is 4.17. The van der Waals surface area contributed by atoms with Crippen LogP contribution in [0.25, 0.3) is 22.2 Å². The van der Waals surface area contributed by atoms with Crippen LogP contribution in [0.2, 0.25) is 5.02 Å². The van der Waals surface area contributed by atoms with E-state index >= 15 is 0 Å². The maximum absolute atomic E-state index is 6.69. The van der Waals surface area contributed by atoms with Crippen LogP contribution in [0.3, 0.4) is 0 Å². The molecule has 0 unspecified atom stereocenters. The third-order valence-electron chi connectivity index (χ3n) is 2.89. The molecule has 21 heavy (non-hydrogen) atoms. The Hall–Kier alpha value is -2.80. The van der Waals surface area contributed by atoms with Crippen LogP contribution in [0.15, 0.2) is 51.6 Å². The van der Waals surface area contributed by atoms with Crippen molar-refractivity contribution in [2.45, 2.75) is 0 Å². The molecule has 2 aromatic heterocycles. The summed E-state index contributed by atoms with van der Waals surface area (Å²) in [4.78, 5) is 8.19. The van der Waals surface area contributed by atoms with Gasteiger partial charge in [0.05, 0.1) is 17.0 Å². The van der Waals surface area contributed by atoms with Crippen LogP contribution in [0.4, 0.5) is 0 Å². The van der Waals surface area contributed by atoms with Gasteiger partial charge in [0.1, 0.15) is 12.0 Å². The maximum atomic E-state index is 6.69. The fourth-order valence-electron chi connectivity index (χ4n) is 1.95. The minimum absolute atomic E-state index is 0.0455. The molecule has 8 heteroatoms. The lowest BCUT2D eigenvalue weighted by atomic mass is 10.1. The highest BCUT2D eigenvalue weighted by molar-refractivity contribution is 6.35. The van der Waals surface area contributed by atoms with E-state index < -0.39 is 0 Å². The monoisotopic (exact) mass is 300 g/mol. The van der Waals surface area contributed by atoms with E-state index in [9.17, 15) is 0 Å². The summed E-state index contributed by atoms with van der Waals surface area (Å²) in [6.45, 7) is 0. The first-order valence-electron chi connectivity index (χ1n) is 5.88. The van der Waals surface area contributed by atoms with Gasteiger partial charge < -0.3 is 10.2 Å². The molecular formula is C13H9ClN6O. The summed E-state index contributed by atoms with van der Waals surface area (Å²) in [6, 6.07) is 7.13. The van der Waals surface area contributed by atoms with Gasteiger partial charge in [-0.3, -0.25) is 0 Å². The second-order valence-corrected chi connectivity index (χ2v) is 4.58. The Labute approximate surface area is 124 Å². The van der Waals surface area contributed by atoms with E-state index in [1.807, 2.05) is 12.1 Å². The van der Waals surface area contributed by atoms with E-state index in [4.69, 9.17) is 27.3 Å². The molecular weight excluding hydrogens is 292 g/mol. The summed E-state index contributed by atoms with van der Waals surface area (Å²) in [6.07, 6.45) is 2.94. The first-order chi connectivity index (χ1) is 10.2. The number of furan rings is 1. The highest BCUT2D eigenvalue weighted by atomic mass is 35.5. The molecule has 3 aromatic rings. The van der Waals surface area contributed by atoms with Gasteiger partial charge in [0.15, 0.2) is 11.4 Å². The van der Waals surface area contributed by atoms with E-state index in [-0.39, 0.29) is 5.84 Å². The zero-order valence-corrected chi connectivity index (χ0v) is 11.4. The first kappa shape index (κ1) is 13.2. The molecule has 0 radical (unpaired) electrons. The molecule has 0 saturated carbocycles. The lowest BCUT2D eigenvalue weighted by molar-refractivity contribution is 0.616. The Kier molecular flexibility index (Phi) is 3.33. The average Bonchev–Trinajstić information content (AvgIpc) is 2.96. The summed E-state index contributed by atoms with van der Waals surface area (Å²) < 4.78 is 5.30. The number of benzene rings is 1. The van der Waals surface area contributed by atoms with Crippen LogP contribution in [0.5, 0.6) is 0 Å². The number of hydrogen-bond acceptors (Lipinski definition) is 5. The summed E-state index contributed by atoms with van der Waals surface area (Å²) in [5.41, 5.74) is 14.8. The fraction of sp³-hybridized carbons (Fsp3) is 0. The number of halogens is 1. The lowest BCUT2D eigenvalue weighted by Gasteiger charge is -2.04. The van der Waals surface area contributed by atoms with Crippen molar-refractivity contribution in [2.75, 3.05) is 0 Å². The molecule has 3 N–H and O–H groups in total. The number of nitrogens with one attached hydrogen (secondary N) is 1. The third kappa shape index (κ3) is 2.46. The molecule has 0 aliphatic carbocycles. The van der Waals surface area contributed by atoms with Crippen LogP contribution < -0.4 is 5.73 Å². The molecule has 0 aliphatic rings. The standard InChI is InChI=1S/C13H9ClN6O/c14-9-4-8(3-7-1-2-21-12(7)9)10-5-11(18-6-17-10)13(15)19-20-16/h1-6H,(H3,15,16,19). The van der Waals surface area contributed by atoms with Crippen molar-refractivity contribution in [3.63, 3.8) is 0 Å². The molecule has 0 amide bonds. The molecule has 3 rings (SSSR count). The van der Waals surface area contributed by atoms with E-state index in [1.54, 1.807) is 18.4 Å². The Bertz CT molecular complexity index is 857. The molecule has 2 heterocycles. The molecule has 104 valence electrons. The van der Waals surface area contributed by atoms with Crippen molar-refractivity contribution in [1.82, 2.24) is 9.97 Å². The highest BCUT2D eigenvalue weighted by Crippen LogP contribution is 2.30. The maximum Gasteiger partial charge on any atom is 0.173 e. The van der Waals surface area contributed by atoms with Gasteiger partial charge in [0, 0.05) is 10.9 Å². The average molecular weight is 301 g/mol. The van der Waals surface area contributed by atoms with E-state index in [0.717, 1.165) is 10.9 Å². The molecule has 0 atom stereocenters. The topological polar surface area (TPSA) is 114 Å². The van der Waals surface area contributed by atoms with Gasteiger partial charge in [-0.15, -0.1) is 5.10 Å². The number of hydrogen-bond donors (Lipinski definition) is 2. The van der Waals surface area contributed by atoms with Gasteiger partial charge in [-0.25, -0.2) is 9.97 Å². The first-order valence-corrected chi connectivity index (χ1v) is 6.26. The minimum atomic E-state index is 0.0455. The van der Waals surface area contributed by atoms with Crippen LogP contribution >= 0.6 is 11.6 Å². The molecule has 7 nitrogen and oxygen atoms in total. The van der Waals surface area contributed by atoms with Gasteiger partial charge in [0.25, 0.3) is 0 Å². The van der Waals surface area contributed by atoms with Crippen LogP contribution in [-0.2, 0) is 0 Å². The summed E-state index contributed by atoms with van der Waals surface area (Å²) >= 11 is 6.18. The summed E-state index contributed by atoms with van der Waals surface area (Å²) in [7, 11) is 0. The number of fused-ring (bicyclic) bond motifs is 1. The lowest BCUT2D eigenvalue weighted by Crippen LogP contribution is -2.14. The Balaban J connectivity index is 2.12. The Morgan fingerprint density at radius 1 is 1.29 bits per heavy atom. The van der Waals surface area contributed by atoms with Crippen molar-refractivity contribution in [3.8, 4) is 11.3 Å². The SMILES string of the molecule is N=NN=C(N)c1cc(-c2cc(Cl)c3occc3c2)ncn1. The van der Waals surface area contributed by atoms with Gasteiger partial charge in [0.2, 0.25) is 0 Å². The van der Waals surface area contributed by atoms with Crippen molar-refractivity contribution < 1.29 is 4.42 Å². The summed E-state index contributed by atoms with van der Waals surface area (Å²) in [5.74, 6) is 0.0455. The van der Waals surface area contributed by atoms with Gasteiger partial charge in [-0.2, -0.15) is 5.53 Å². The number of nitrogens with zero attached hydrogens (tertiary/aromatic N) is 4. The van der Waals surface area contributed by atoms with Gasteiger partial charge in [-0.05, 0) is 24.3 Å². The van der Waals surface area contributed by atoms with E-state index in [1.165, 1.54) is 6.33 Å². The number of amidine groups is 1. The smallest absolute Gasteiger partial charge is 0.173 e. The Morgan fingerprint density at radius 2 is 2.14 bits per heavy atom. The minimum Gasteiger partial charge on any atom is -0.463 e. The summed E-state index contributed by atoms with van der Waals surface area (Å²) in [5, 5.41) is 7.70. The number of nitrogens with two attached hydrogens (primary N) is 1. The second kappa shape index (κ2) is 5.29. The number of rotatable bonds is 3. The zero-order valence-electron chi connectivity index (χ0n) is 10.6. The van der Waals surface area contributed by atoms with Gasteiger partial charge >= 0.3 is 0 Å². The molecule has 0 spiro atoms. The normalized spacial score (nSPS) is 11.8. The largest absolute Gasteiger partial charge is 0.463 e. The van der Waals surface area contributed by atoms with Crippen LogP contribution in [-0.4, -0.2) is 15.8 Å². The predicted octanol–water partition coefficient (Wildman–Crippen LogP) is 3.19. The van der Waals surface area contributed by atoms with Crippen molar-refractivity contribution in [2.24, 2.45) is 16.1 Å². The van der Waals surface area contributed by atoms with Gasteiger partial charge in [-0.1, -0.05) is 16.8 Å². The quantitative estimate of drug-likeness (QED) is 0.334. The zero-order chi connectivity index (χ0) is 14.8. The molecule has 0 saturated heterocycles. The highest BCUT2D eigenvalue weighted by Gasteiger charge is 2.10. The molecule has 0 aliphatic heterocycles. The third-order valence-corrected chi connectivity index (χ3v) is 3.17. The molecule has 0 fully saturated rings. The van der Waals surface area contributed by atoms with Crippen LogP contribution in [0, 0.1) is 5.53 Å². The van der Waals surface area contributed by atoms with Crippen molar-refractivity contribution in [3.05, 3.63) is 47.6 Å². The van der Waals surface area contributed by atoms with E-state index in [0.29, 0.717) is 22.0 Å². The number of aromatic nitrogens is 2.